The summed E-state index contributed by atoms with van der Waals surface area (Å²) >= 11 is 0. The van der Waals surface area contributed by atoms with Crippen molar-refractivity contribution in [2.75, 3.05) is 39.5 Å². The Labute approximate surface area is 122 Å². The molecule has 0 fully saturated rings. The molecule has 1 heterocycles. The summed E-state index contributed by atoms with van der Waals surface area (Å²) in [5.41, 5.74) is 7.17. The van der Waals surface area contributed by atoms with E-state index in [1.54, 1.807) is 6.07 Å². The van der Waals surface area contributed by atoms with Gasteiger partial charge in [0.15, 0.2) is 0 Å². The van der Waals surface area contributed by atoms with Gasteiger partial charge in [0.05, 0.1) is 5.69 Å². The summed E-state index contributed by atoms with van der Waals surface area (Å²) in [6.45, 7) is 8.60. The van der Waals surface area contributed by atoms with Crippen molar-refractivity contribution in [3.63, 3.8) is 0 Å². The van der Waals surface area contributed by atoms with Gasteiger partial charge in [-0.15, -0.1) is 0 Å². The van der Waals surface area contributed by atoms with Crippen molar-refractivity contribution in [3.05, 3.63) is 18.0 Å². The van der Waals surface area contributed by atoms with E-state index in [0.29, 0.717) is 11.4 Å². The number of nitrogens with zero attached hydrogens (tertiary/aromatic N) is 3. The minimum atomic E-state index is 0.0663. The van der Waals surface area contributed by atoms with E-state index in [1.165, 1.54) is 0 Å². The Hall–Kier alpha value is -1.49. The first kappa shape index (κ1) is 16.6. The molecule has 0 atom stereocenters. The van der Waals surface area contributed by atoms with Crippen molar-refractivity contribution in [3.8, 4) is 0 Å². The summed E-state index contributed by atoms with van der Waals surface area (Å²) in [5.74, 6) is 0.0663. The second kappa shape index (κ2) is 7.33. The zero-order valence-corrected chi connectivity index (χ0v) is 13.4. The molecule has 0 saturated heterocycles. The lowest BCUT2D eigenvalue weighted by atomic mass is 10.3. The SMILES string of the molecule is CCN(CCCN(C)C)C(=O)c1cc(N)cn1C(C)C. The van der Waals surface area contributed by atoms with Gasteiger partial charge in [-0.05, 0) is 53.9 Å². The maximum Gasteiger partial charge on any atom is 0.270 e. The first-order chi connectivity index (χ1) is 9.36. The van der Waals surface area contributed by atoms with Crippen LogP contribution in [0.2, 0.25) is 0 Å². The van der Waals surface area contributed by atoms with Crippen molar-refractivity contribution >= 4 is 11.6 Å². The smallest absolute Gasteiger partial charge is 0.270 e. The average molecular weight is 280 g/mol. The summed E-state index contributed by atoms with van der Waals surface area (Å²) in [6, 6.07) is 2.00. The van der Waals surface area contributed by atoms with Gasteiger partial charge in [-0.25, -0.2) is 0 Å². The van der Waals surface area contributed by atoms with E-state index in [4.69, 9.17) is 5.73 Å². The van der Waals surface area contributed by atoms with Crippen LogP contribution in [-0.4, -0.2) is 54.0 Å². The number of carbonyl (C=O) groups is 1. The Bertz CT molecular complexity index is 437. The second-order valence-corrected chi connectivity index (χ2v) is 5.70. The Morgan fingerprint density at radius 3 is 2.50 bits per heavy atom. The highest BCUT2D eigenvalue weighted by atomic mass is 16.2. The number of nitrogens with two attached hydrogens (primary N) is 1. The number of anilines is 1. The highest BCUT2D eigenvalue weighted by Gasteiger charge is 2.19. The number of aromatic nitrogens is 1. The van der Waals surface area contributed by atoms with Crippen molar-refractivity contribution in [2.45, 2.75) is 33.2 Å². The molecule has 1 aromatic heterocycles. The monoisotopic (exact) mass is 280 g/mol. The van der Waals surface area contributed by atoms with Gasteiger partial charge < -0.3 is 20.1 Å². The number of amides is 1. The predicted molar refractivity (Wildman–Crippen MR) is 84.0 cm³/mol. The minimum Gasteiger partial charge on any atom is -0.397 e. The molecular formula is C15H28N4O. The van der Waals surface area contributed by atoms with Crippen molar-refractivity contribution in [1.82, 2.24) is 14.4 Å². The minimum absolute atomic E-state index is 0.0663. The third-order valence-electron chi connectivity index (χ3n) is 3.35. The summed E-state index contributed by atoms with van der Waals surface area (Å²) in [4.78, 5) is 16.6. The Morgan fingerprint density at radius 2 is 2.00 bits per heavy atom. The number of rotatable bonds is 7. The van der Waals surface area contributed by atoms with E-state index in [-0.39, 0.29) is 11.9 Å². The standard InChI is InChI=1S/C15H28N4O/c1-6-18(9-7-8-17(4)5)15(20)14-10-13(16)11-19(14)12(2)3/h10-12H,6-9,16H2,1-5H3. The van der Waals surface area contributed by atoms with Crippen molar-refractivity contribution < 1.29 is 4.79 Å². The number of hydrogen-bond donors (Lipinski definition) is 1. The molecule has 0 saturated carbocycles. The van der Waals surface area contributed by atoms with Crippen LogP contribution < -0.4 is 5.73 Å². The van der Waals surface area contributed by atoms with Gasteiger partial charge in [-0.2, -0.15) is 0 Å². The first-order valence-electron chi connectivity index (χ1n) is 7.28. The molecule has 0 aliphatic heterocycles. The van der Waals surface area contributed by atoms with Crippen LogP contribution >= 0.6 is 0 Å². The number of nitrogen functional groups attached to an aromatic ring is 1. The maximum atomic E-state index is 12.6. The zero-order valence-electron chi connectivity index (χ0n) is 13.4. The van der Waals surface area contributed by atoms with Gasteiger partial charge in [0.25, 0.3) is 5.91 Å². The largest absolute Gasteiger partial charge is 0.397 e. The average Bonchev–Trinajstić information content (AvgIpc) is 2.76. The number of hydrogen-bond acceptors (Lipinski definition) is 3. The van der Waals surface area contributed by atoms with Gasteiger partial charge in [0.1, 0.15) is 5.69 Å². The fraction of sp³-hybridized carbons (Fsp3) is 0.667. The van der Waals surface area contributed by atoms with Gasteiger partial charge in [0, 0.05) is 25.3 Å². The molecule has 5 heteroatoms. The summed E-state index contributed by atoms with van der Waals surface area (Å²) in [5, 5.41) is 0. The molecule has 114 valence electrons. The van der Waals surface area contributed by atoms with Gasteiger partial charge in [-0.1, -0.05) is 0 Å². The molecule has 1 rings (SSSR count). The fourth-order valence-corrected chi connectivity index (χ4v) is 2.24. The van der Waals surface area contributed by atoms with E-state index in [0.717, 1.165) is 26.1 Å². The third kappa shape index (κ3) is 4.27. The molecule has 0 unspecified atom stereocenters. The molecular weight excluding hydrogens is 252 g/mol. The maximum absolute atomic E-state index is 12.6. The Morgan fingerprint density at radius 1 is 1.35 bits per heavy atom. The van der Waals surface area contributed by atoms with Crippen LogP contribution in [0.3, 0.4) is 0 Å². The highest BCUT2D eigenvalue weighted by Crippen LogP contribution is 2.18. The van der Waals surface area contributed by atoms with Gasteiger partial charge in [0.2, 0.25) is 0 Å². The van der Waals surface area contributed by atoms with E-state index >= 15 is 0 Å². The van der Waals surface area contributed by atoms with Gasteiger partial charge >= 0.3 is 0 Å². The topological polar surface area (TPSA) is 54.5 Å². The van der Waals surface area contributed by atoms with Crippen LogP contribution in [0.15, 0.2) is 12.3 Å². The molecule has 0 aliphatic rings. The Kier molecular flexibility index (Phi) is 6.07. The zero-order chi connectivity index (χ0) is 15.3. The molecule has 0 radical (unpaired) electrons. The van der Waals surface area contributed by atoms with Gasteiger partial charge in [-0.3, -0.25) is 4.79 Å². The van der Waals surface area contributed by atoms with E-state index < -0.39 is 0 Å². The lowest BCUT2D eigenvalue weighted by Gasteiger charge is -2.23. The first-order valence-corrected chi connectivity index (χ1v) is 7.28. The van der Waals surface area contributed by atoms with E-state index in [1.807, 2.05) is 36.7 Å². The molecule has 20 heavy (non-hydrogen) atoms. The molecule has 0 spiro atoms. The molecule has 2 N–H and O–H groups in total. The third-order valence-corrected chi connectivity index (χ3v) is 3.35. The van der Waals surface area contributed by atoms with Crippen LogP contribution in [0.4, 0.5) is 5.69 Å². The fourth-order valence-electron chi connectivity index (χ4n) is 2.24. The van der Waals surface area contributed by atoms with E-state index in [9.17, 15) is 4.79 Å². The van der Waals surface area contributed by atoms with Crippen LogP contribution in [-0.2, 0) is 0 Å². The van der Waals surface area contributed by atoms with E-state index in [2.05, 4.69) is 18.7 Å². The summed E-state index contributed by atoms with van der Waals surface area (Å²) in [6.07, 6.45) is 2.82. The lowest BCUT2D eigenvalue weighted by Crippen LogP contribution is -2.34. The highest BCUT2D eigenvalue weighted by molar-refractivity contribution is 5.93. The molecule has 0 bridgehead atoms. The van der Waals surface area contributed by atoms with Crippen LogP contribution in [0.5, 0.6) is 0 Å². The molecule has 0 aliphatic carbocycles. The predicted octanol–water partition coefficient (Wildman–Crippen LogP) is 2.06. The molecule has 1 amide bonds. The lowest BCUT2D eigenvalue weighted by molar-refractivity contribution is 0.0747. The van der Waals surface area contributed by atoms with Crippen LogP contribution in [0.25, 0.3) is 0 Å². The van der Waals surface area contributed by atoms with Crippen molar-refractivity contribution in [1.29, 1.82) is 0 Å². The molecule has 1 aromatic rings. The normalized spacial score (nSPS) is 11.3. The summed E-state index contributed by atoms with van der Waals surface area (Å²) < 4.78 is 1.95. The van der Waals surface area contributed by atoms with Crippen LogP contribution in [0.1, 0.15) is 43.7 Å². The number of carbonyl (C=O) groups excluding carboxylic acids is 1. The summed E-state index contributed by atoms with van der Waals surface area (Å²) in [7, 11) is 4.09. The van der Waals surface area contributed by atoms with Crippen LogP contribution in [0, 0.1) is 0 Å². The quantitative estimate of drug-likeness (QED) is 0.832. The molecule has 0 aromatic carbocycles. The Balaban J connectivity index is 2.80. The second-order valence-electron chi connectivity index (χ2n) is 5.70. The van der Waals surface area contributed by atoms with Crippen molar-refractivity contribution in [2.24, 2.45) is 0 Å². The molecule has 5 nitrogen and oxygen atoms in total.